The lowest BCUT2D eigenvalue weighted by atomic mass is 10.1. The van der Waals surface area contributed by atoms with Gasteiger partial charge in [-0.15, -0.1) is 0 Å². The fourth-order valence-corrected chi connectivity index (χ4v) is 1.73. The van der Waals surface area contributed by atoms with Gasteiger partial charge in [0, 0.05) is 18.2 Å². The number of ether oxygens (including phenoxy) is 1. The fourth-order valence-electron chi connectivity index (χ4n) is 1.73. The maximum absolute atomic E-state index is 10.5. The van der Waals surface area contributed by atoms with Crippen molar-refractivity contribution in [3.8, 4) is 5.75 Å². The number of aliphatic carboxylic acids is 1. The normalized spacial score (nSPS) is 11.9. The molecule has 0 heterocycles. The second kappa shape index (κ2) is 6.89. The third-order valence-electron chi connectivity index (χ3n) is 2.70. The molecule has 2 N–H and O–H groups in total. The molecule has 1 aromatic carbocycles. The molecule has 1 atom stereocenters. The first kappa shape index (κ1) is 14.4. The highest BCUT2D eigenvalue weighted by Gasteiger charge is 2.07. The lowest BCUT2D eigenvalue weighted by Crippen LogP contribution is -2.17. The first-order chi connectivity index (χ1) is 8.52. The number of aryl methyl sites for hydroxylation is 1. The van der Waals surface area contributed by atoms with E-state index >= 15 is 0 Å². The van der Waals surface area contributed by atoms with Crippen LogP contribution in [0.3, 0.4) is 0 Å². The first-order valence-electron chi connectivity index (χ1n) is 6.24. The summed E-state index contributed by atoms with van der Waals surface area (Å²) in [4.78, 5) is 10.5. The van der Waals surface area contributed by atoms with E-state index in [1.54, 1.807) is 0 Å². The summed E-state index contributed by atoms with van der Waals surface area (Å²) in [6, 6.07) is 6.01. The van der Waals surface area contributed by atoms with E-state index in [-0.39, 0.29) is 12.5 Å². The molecule has 4 nitrogen and oxygen atoms in total. The average molecular weight is 251 g/mol. The van der Waals surface area contributed by atoms with Crippen LogP contribution in [0.2, 0.25) is 0 Å². The average Bonchev–Trinajstić information content (AvgIpc) is 2.30. The minimum Gasteiger partial charge on any atom is -0.494 e. The molecule has 0 saturated carbocycles. The molecule has 18 heavy (non-hydrogen) atoms. The van der Waals surface area contributed by atoms with Gasteiger partial charge in [0.15, 0.2) is 0 Å². The number of anilines is 1. The predicted molar refractivity (Wildman–Crippen MR) is 72.3 cm³/mol. The molecule has 1 unspecified atom stereocenters. The standard InChI is InChI=1S/C14H21NO3/c1-4-18-12-6-7-13(10(2)9-12)15-11(3)5-8-14(16)17/h6-7,9,11,15H,4-5,8H2,1-3H3,(H,16,17). The number of benzene rings is 1. The third-order valence-corrected chi connectivity index (χ3v) is 2.70. The summed E-state index contributed by atoms with van der Waals surface area (Å²) in [7, 11) is 0. The van der Waals surface area contributed by atoms with Gasteiger partial charge in [-0.1, -0.05) is 0 Å². The van der Waals surface area contributed by atoms with Gasteiger partial charge in [-0.2, -0.15) is 0 Å². The van der Waals surface area contributed by atoms with Crippen molar-refractivity contribution in [2.75, 3.05) is 11.9 Å². The van der Waals surface area contributed by atoms with Crippen LogP contribution >= 0.6 is 0 Å². The summed E-state index contributed by atoms with van der Waals surface area (Å²) >= 11 is 0. The van der Waals surface area contributed by atoms with Crippen molar-refractivity contribution in [2.45, 2.75) is 39.7 Å². The highest BCUT2D eigenvalue weighted by molar-refractivity contribution is 5.66. The number of carboxylic acid groups (broad SMARTS) is 1. The number of carboxylic acids is 1. The summed E-state index contributed by atoms with van der Waals surface area (Å²) in [5.74, 6) is 0.103. The van der Waals surface area contributed by atoms with E-state index in [1.165, 1.54) is 0 Å². The Morgan fingerprint density at radius 2 is 2.22 bits per heavy atom. The van der Waals surface area contributed by atoms with Gasteiger partial charge in [-0.3, -0.25) is 4.79 Å². The van der Waals surface area contributed by atoms with Crippen LogP contribution in [-0.4, -0.2) is 23.7 Å². The van der Waals surface area contributed by atoms with Gasteiger partial charge in [0.05, 0.1) is 6.61 Å². The van der Waals surface area contributed by atoms with E-state index in [0.717, 1.165) is 17.0 Å². The lowest BCUT2D eigenvalue weighted by molar-refractivity contribution is -0.137. The van der Waals surface area contributed by atoms with E-state index in [9.17, 15) is 4.79 Å². The Bertz CT molecular complexity index is 404. The summed E-state index contributed by atoms with van der Waals surface area (Å²) < 4.78 is 5.42. The summed E-state index contributed by atoms with van der Waals surface area (Å²) in [5.41, 5.74) is 2.12. The molecule has 0 amide bonds. The van der Waals surface area contributed by atoms with Gasteiger partial charge < -0.3 is 15.2 Å². The highest BCUT2D eigenvalue weighted by Crippen LogP contribution is 2.22. The number of hydrogen-bond donors (Lipinski definition) is 2. The van der Waals surface area contributed by atoms with Gasteiger partial charge in [0.25, 0.3) is 0 Å². The Morgan fingerprint density at radius 1 is 1.50 bits per heavy atom. The molecule has 0 aromatic heterocycles. The smallest absolute Gasteiger partial charge is 0.303 e. The molecular formula is C14H21NO3. The second-order valence-corrected chi connectivity index (χ2v) is 4.39. The van der Waals surface area contributed by atoms with Crippen molar-refractivity contribution >= 4 is 11.7 Å². The van der Waals surface area contributed by atoms with Crippen molar-refractivity contribution in [1.82, 2.24) is 0 Å². The Kier molecular flexibility index (Phi) is 5.49. The molecule has 1 aromatic rings. The molecule has 0 radical (unpaired) electrons. The molecule has 0 bridgehead atoms. The Labute approximate surface area is 108 Å². The highest BCUT2D eigenvalue weighted by atomic mass is 16.5. The molecule has 1 rings (SSSR count). The molecular weight excluding hydrogens is 230 g/mol. The topological polar surface area (TPSA) is 58.6 Å². The van der Waals surface area contributed by atoms with Crippen LogP contribution in [0.1, 0.15) is 32.3 Å². The maximum atomic E-state index is 10.5. The van der Waals surface area contributed by atoms with Crippen molar-refractivity contribution in [1.29, 1.82) is 0 Å². The molecule has 0 aliphatic heterocycles. The number of hydrogen-bond acceptors (Lipinski definition) is 3. The zero-order chi connectivity index (χ0) is 13.5. The molecule has 0 fully saturated rings. The van der Waals surface area contributed by atoms with Crippen molar-refractivity contribution in [3.63, 3.8) is 0 Å². The minimum absolute atomic E-state index is 0.137. The molecule has 0 saturated heterocycles. The zero-order valence-electron chi connectivity index (χ0n) is 11.2. The Morgan fingerprint density at radius 3 is 2.78 bits per heavy atom. The molecule has 4 heteroatoms. The van der Waals surface area contributed by atoms with E-state index in [2.05, 4.69) is 5.32 Å². The number of nitrogens with one attached hydrogen (secondary N) is 1. The van der Waals surface area contributed by atoms with Crippen LogP contribution in [0, 0.1) is 6.92 Å². The van der Waals surface area contributed by atoms with Gasteiger partial charge in [0.1, 0.15) is 5.75 Å². The second-order valence-electron chi connectivity index (χ2n) is 4.39. The van der Waals surface area contributed by atoms with Crippen LogP contribution in [0.25, 0.3) is 0 Å². The fraction of sp³-hybridized carbons (Fsp3) is 0.500. The predicted octanol–water partition coefficient (Wildman–Crippen LogP) is 3.06. The first-order valence-corrected chi connectivity index (χ1v) is 6.24. The molecule has 100 valence electrons. The van der Waals surface area contributed by atoms with Crippen LogP contribution in [0.4, 0.5) is 5.69 Å². The lowest BCUT2D eigenvalue weighted by Gasteiger charge is -2.17. The van der Waals surface area contributed by atoms with Crippen molar-refractivity contribution in [2.24, 2.45) is 0 Å². The summed E-state index contributed by atoms with van der Waals surface area (Å²) in [6.07, 6.45) is 0.798. The van der Waals surface area contributed by atoms with Crippen LogP contribution < -0.4 is 10.1 Å². The number of carbonyl (C=O) groups is 1. The quantitative estimate of drug-likeness (QED) is 0.782. The van der Waals surface area contributed by atoms with Crippen LogP contribution in [0.15, 0.2) is 18.2 Å². The van der Waals surface area contributed by atoms with Gasteiger partial charge in [-0.25, -0.2) is 0 Å². The number of rotatable bonds is 7. The molecule has 0 spiro atoms. The zero-order valence-corrected chi connectivity index (χ0v) is 11.2. The van der Waals surface area contributed by atoms with E-state index < -0.39 is 5.97 Å². The maximum Gasteiger partial charge on any atom is 0.303 e. The Hall–Kier alpha value is -1.71. The van der Waals surface area contributed by atoms with Crippen LogP contribution in [-0.2, 0) is 4.79 Å². The summed E-state index contributed by atoms with van der Waals surface area (Å²) in [6.45, 7) is 6.60. The van der Waals surface area contributed by atoms with Gasteiger partial charge in [0.2, 0.25) is 0 Å². The molecule has 0 aliphatic rings. The van der Waals surface area contributed by atoms with E-state index in [1.807, 2.05) is 39.0 Å². The summed E-state index contributed by atoms with van der Waals surface area (Å²) in [5, 5.41) is 12.0. The van der Waals surface area contributed by atoms with E-state index in [4.69, 9.17) is 9.84 Å². The van der Waals surface area contributed by atoms with Gasteiger partial charge >= 0.3 is 5.97 Å². The largest absolute Gasteiger partial charge is 0.494 e. The van der Waals surface area contributed by atoms with Crippen molar-refractivity contribution in [3.05, 3.63) is 23.8 Å². The van der Waals surface area contributed by atoms with Gasteiger partial charge in [-0.05, 0) is 51.0 Å². The van der Waals surface area contributed by atoms with Crippen LogP contribution in [0.5, 0.6) is 5.75 Å². The van der Waals surface area contributed by atoms with E-state index in [0.29, 0.717) is 13.0 Å². The Balaban J connectivity index is 2.58. The monoisotopic (exact) mass is 251 g/mol. The molecule has 0 aliphatic carbocycles. The SMILES string of the molecule is CCOc1ccc(NC(C)CCC(=O)O)c(C)c1. The third kappa shape index (κ3) is 4.65. The van der Waals surface area contributed by atoms with Crippen molar-refractivity contribution < 1.29 is 14.6 Å². The minimum atomic E-state index is -0.757.